The van der Waals surface area contributed by atoms with Crippen molar-refractivity contribution in [2.75, 3.05) is 20.7 Å². The third kappa shape index (κ3) is 2.45. The van der Waals surface area contributed by atoms with Crippen LogP contribution < -0.4 is 4.74 Å². The van der Waals surface area contributed by atoms with E-state index in [2.05, 4.69) is 30.0 Å². The number of hydrogen-bond acceptors (Lipinski definition) is 2. The van der Waals surface area contributed by atoms with E-state index >= 15 is 0 Å². The molecule has 2 heteroatoms. The van der Waals surface area contributed by atoms with E-state index in [1.165, 1.54) is 17.5 Å². The molecule has 90 valence electrons. The number of aryl methyl sites for hydroxylation is 1. The fraction of sp³-hybridized carbons (Fsp3) is 0.467. The van der Waals surface area contributed by atoms with Gasteiger partial charge in [-0.2, -0.15) is 0 Å². The molecule has 0 spiro atoms. The Bertz CT molecular complexity index is 419. The van der Waals surface area contributed by atoms with Crippen molar-refractivity contribution < 1.29 is 4.74 Å². The van der Waals surface area contributed by atoms with E-state index in [0.29, 0.717) is 6.04 Å². The van der Waals surface area contributed by atoms with Crippen LogP contribution in [0.2, 0.25) is 0 Å². The van der Waals surface area contributed by atoms with E-state index in [1.54, 1.807) is 7.11 Å². The fourth-order valence-electron chi connectivity index (χ4n) is 2.58. The average Bonchev–Trinajstić information content (AvgIpc) is 2.37. The van der Waals surface area contributed by atoms with E-state index in [1.807, 2.05) is 6.07 Å². The molecule has 0 saturated carbocycles. The largest absolute Gasteiger partial charge is 0.496 e. The molecule has 0 aromatic heterocycles. The van der Waals surface area contributed by atoms with Crippen LogP contribution in [-0.2, 0) is 12.8 Å². The minimum atomic E-state index is 0.537. The minimum Gasteiger partial charge on any atom is -0.496 e. The minimum absolute atomic E-state index is 0.537. The average molecular weight is 229 g/mol. The Morgan fingerprint density at radius 2 is 2.35 bits per heavy atom. The number of terminal acetylenes is 1. The summed E-state index contributed by atoms with van der Waals surface area (Å²) in [5.41, 5.74) is 2.78. The van der Waals surface area contributed by atoms with Crippen molar-refractivity contribution in [1.82, 2.24) is 4.90 Å². The zero-order valence-corrected chi connectivity index (χ0v) is 10.6. The molecule has 17 heavy (non-hydrogen) atoms. The molecule has 1 unspecified atom stereocenters. The molecule has 1 aromatic carbocycles. The van der Waals surface area contributed by atoms with E-state index in [0.717, 1.165) is 25.1 Å². The number of hydrogen-bond donors (Lipinski definition) is 0. The summed E-state index contributed by atoms with van der Waals surface area (Å²) in [5.74, 6) is 3.73. The number of likely N-dealkylation sites (N-methyl/N-ethyl adjacent to an activating group) is 1. The molecule has 0 bridgehead atoms. The quantitative estimate of drug-likeness (QED) is 0.736. The molecule has 0 N–H and O–H groups in total. The Morgan fingerprint density at radius 3 is 3.06 bits per heavy atom. The predicted octanol–water partition coefficient (Wildman–Crippen LogP) is 2.12. The smallest absolute Gasteiger partial charge is 0.122 e. The summed E-state index contributed by atoms with van der Waals surface area (Å²) < 4.78 is 5.44. The molecule has 1 aliphatic carbocycles. The van der Waals surface area contributed by atoms with Crippen LogP contribution in [0.15, 0.2) is 18.2 Å². The van der Waals surface area contributed by atoms with Crippen LogP contribution in [0, 0.1) is 12.3 Å². The first-order valence-electron chi connectivity index (χ1n) is 6.04. The molecule has 1 aromatic rings. The number of nitrogens with zero attached hydrogens (tertiary/aromatic N) is 1. The number of ether oxygens (including phenoxy) is 1. The lowest BCUT2D eigenvalue weighted by molar-refractivity contribution is 0.244. The van der Waals surface area contributed by atoms with Crippen LogP contribution >= 0.6 is 0 Å². The van der Waals surface area contributed by atoms with Gasteiger partial charge < -0.3 is 4.74 Å². The second-order valence-corrected chi connectivity index (χ2v) is 4.61. The number of benzene rings is 1. The third-order valence-corrected chi connectivity index (χ3v) is 3.60. The molecular weight excluding hydrogens is 210 g/mol. The molecule has 0 fully saturated rings. The summed E-state index contributed by atoms with van der Waals surface area (Å²) >= 11 is 0. The van der Waals surface area contributed by atoms with Crippen LogP contribution in [0.25, 0.3) is 0 Å². The molecule has 0 amide bonds. The number of rotatable bonds is 3. The van der Waals surface area contributed by atoms with Crippen molar-refractivity contribution in [2.45, 2.75) is 25.3 Å². The van der Waals surface area contributed by atoms with Crippen LogP contribution in [0.3, 0.4) is 0 Å². The van der Waals surface area contributed by atoms with Gasteiger partial charge >= 0.3 is 0 Å². The van der Waals surface area contributed by atoms with Crippen LogP contribution in [0.4, 0.5) is 0 Å². The van der Waals surface area contributed by atoms with Gasteiger partial charge in [-0.15, -0.1) is 6.42 Å². The van der Waals surface area contributed by atoms with Gasteiger partial charge in [0, 0.05) is 6.04 Å². The van der Waals surface area contributed by atoms with Crippen LogP contribution in [0.1, 0.15) is 17.5 Å². The molecule has 0 saturated heterocycles. The zero-order valence-electron chi connectivity index (χ0n) is 10.6. The summed E-state index contributed by atoms with van der Waals surface area (Å²) in [4.78, 5) is 2.26. The van der Waals surface area contributed by atoms with Gasteiger partial charge in [0.2, 0.25) is 0 Å². The van der Waals surface area contributed by atoms with Crippen LogP contribution in [0.5, 0.6) is 5.75 Å². The lowest BCUT2D eigenvalue weighted by Crippen LogP contribution is -2.36. The summed E-state index contributed by atoms with van der Waals surface area (Å²) in [7, 11) is 3.84. The summed E-state index contributed by atoms with van der Waals surface area (Å²) in [6.45, 7) is 0.717. The van der Waals surface area contributed by atoms with Crippen molar-refractivity contribution in [2.24, 2.45) is 0 Å². The molecule has 1 atom stereocenters. The molecular formula is C15H19NO. The summed E-state index contributed by atoms with van der Waals surface area (Å²) in [5, 5.41) is 0. The molecule has 2 rings (SSSR count). The molecule has 0 radical (unpaired) electrons. The number of methoxy groups -OCH3 is 1. The van der Waals surface area contributed by atoms with E-state index in [9.17, 15) is 0 Å². The van der Waals surface area contributed by atoms with E-state index in [4.69, 9.17) is 11.2 Å². The van der Waals surface area contributed by atoms with Crippen molar-refractivity contribution >= 4 is 0 Å². The Hall–Kier alpha value is -1.46. The molecule has 2 nitrogen and oxygen atoms in total. The van der Waals surface area contributed by atoms with Gasteiger partial charge in [0.1, 0.15) is 5.75 Å². The van der Waals surface area contributed by atoms with Gasteiger partial charge in [0.05, 0.1) is 13.7 Å². The monoisotopic (exact) mass is 229 g/mol. The van der Waals surface area contributed by atoms with Crippen molar-refractivity contribution in [3.8, 4) is 18.1 Å². The highest BCUT2D eigenvalue weighted by Crippen LogP contribution is 2.30. The van der Waals surface area contributed by atoms with Crippen molar-refractivity contribution in [3.05, 3.63) is 29.3 Å². The maximum Gasteiger partial charge on any atom is 0.122 e. The third-order valence-electron chi connectivity index (χ3n) is 3.60. The Balaban J connectivity index is 2.20. The summed E-state index contributed by atoms with van der Waals surface area (Å²) in [6.07, 6.45) is 8.71. The van der Waals surface area contributed by atoms with Gasteiger partial charge in [0.15, 0.2) is 0 Å². The highest BCUT2D eigenvalue weighted by Gasteiger charge is 2.23. The highest BCUT2D eigenvalue weighted by atomic mass is 16.5. The first-order chi connectivity index (χ1) is 8.26. The van der Waals surface area contributed by atoms with Gasteiger partial charge in [-0.05, 0) is 43.5 Å². The first-order valence-corrected chi connectivity index (χ1v) is 6.04. The standard InChI is InChI=1S/C15H19NO/c1-4-10-16(2)13-9-8-12-6-5-7-15(17-3)14(12)11-13/h1,5-7,13H,8-11H2,2-3H3. The fourth-order valence-corrected chi connectivity index (χ4v) is 2.58. The Kier molecular flexibility index (Phi) is 3.71. The van der Waals surface area contributed by atoms with Crippen molar-refractivity contribution in [3.63, 3.8) is 0 Å². The van der Waals surface area contributed by atoms with Crippen LogP contribution in [-0.4, -0.2) is 31.6 Å². The lowest BCUT2D eigenvalue weighted by atomic mass is 9.87. The maximum atomic E-state index is 5.44. The zero-order chi connectivity index (χ0) is 12.3. The van der Waals surface area contributed by atoms with Gasteiger partial charge in [-0.25, -0.2) is 0 Å². The predicted molar refractivity (Wildman–Crippen MR) is 70.3 cm³/mol. The Morgan fingerprint density at radius 1 is 1.53 bits per heavy atom. The Labute approximate surface area is 104 Å². The second-order valence-electron chi connectivity index (χ2n) is 4.61. The SMILES string of the molecule is C#CCN(C)C1CCc2cccc(OC)c2C1. The van der Waals surface area contributed by atoms with Gasteiger partial charge in [-0.3, -0.25) is 4.90 Å². The van der Waals surface area contributed by atoms with E-state index < -0.39 is 0 Å². The van der Waals surface area contributed by atoms with Gasteiger partial charge in [-0.1, -0.05) is 18.1 Å². The van der Waals surface area contributed by atoms with Crippen molar-refractivity contribution in [1.29, 1.82) is 0 Å². The number of fused-ring (bicyclic) bond motifs is 1. The highest BCUT2D eigenvalue weighted by molar-refractivity contribution is 5.42. The topological polar surface area (TPSA) is 12.5 Å². The maximum absolute atomic E-state index is 5.44. The molecule has 0 aliphatic heterocycles. The molecule has 1 aliphatic rings. The lowest BCUT2D eigenvalue weighted by Gasteiger charge is -2.32. The molecule has 0 heterocycles. The normalized spacial score (nSPS) is 18.6. The van der Waals surface area contributed by atoms with E-state index in [-0.39, 0.29) is 0 Å². The van der Waals surface area contributed by atoms with Gasteiger partial charge in [0.25, 0.3) is 0 Å². The second kappa shape index (κ2) is 5.25. The summed E-state index contributed by atoms with van der Waals surface area (Å²) in [6, 6.07) is 6.86. The first kappa shape index (κ1) is 12.0.